The minimum Gasteiger partial charge on any atom is -0.487 e. The van der Waals surface area contributed by atoms with Crippen LogP contribution < -0.4 is 4.74 Å². The Hall–Kier alpha value is -2.56. The van der Waals surface area contributed by atoms with Crippen LogP contribution in [0.25, 0.3) is 0 Å². The summed E-state index contributed by atoms with van der Waals surface area (Å²) in [5.74, 6) is 0.0730. The van der Waals surface area contributed by atoms with Crippen molar-refractivity contribution < 1.29 is 14.3 Å². The minimum absolute atomic E-state index is 0.0778. The molecule has 2 aromatic carbocycles. The van der Waals surface area contributed by atoms with E-state index in [0.717, 1.165) is 29.8 Å². The van der Waals surface area contributed by atoms with E-state index in [4.69, 9.17) is 27.9 Å². The van der Waals surface area contributed by atoms with E-state index in [1.54, 1.807) is 6.07 Å². The standard InChI is InChI=1S/C32H35Cl2NO3/c1-6-35-23-14-31(2,3)16-25(36)28(23)27(29-24(35)15-32(4,5)17-26(29)37)21-12-20(33)13-22(34)30(21)38-18-19-10-8-7-9-11-19/h7-13,27H,6,14-18H2,1-5H3. The molecule has 0 spiro atoms. The van der Waals surface area contributed by atoms with Gasteiger partial charge in [-0.3, -0.25) is 9.59 Å². The van der Waals surface area contributed by atoms with Gasteiger partial charge in [0.15, 0.2) is 11.6 Å². The van der Waals surface area contributed by atoms with Gasteiger partial charge in [0.1, 0.15) is 12.4 Å². The second-order valence-corrected chi connectivity index (χ2v) is 13.2. The number of ketones is 2. The van der Waals surface area contributed by atoms with Crippen LogP contribution in [0.1, 0.15) is 77.3 Å². The number of allylic oxidation sites excluding steroid dienone is 4. The maximum Gasteiger partial charge on any atom is 0.162 e. The molecule has 0 unspecified atom stereocenters. The Balaban J connectivity index is 1.74. The Morgan fingerprint density at radius 2 is 1.42 bits per heavy atom. The van der Waals surface area contributed by atoms with Crippen LogP contribution in [-0.4, -0.2) is 23.0 Å². The number of carbonyl (C=O) groups excluding carboxylic acids is 2. The fourth-order valence-electron chi connectivity index (χ4n) is 6.42. The minimum atomic E-state index is -0.558. The van der Waals surface area contributed by atoms with Crippen molar-refractivity contribution in [1.82, 2.24) is 4.90 Å². The molecule has 0 saturated heterocycles. The van der Waals surface area contributed by atoms with E-state index in [2.05, 4.69) is 39.5 Å². The topological polar surface area (TPSA) is 46.6 Å². The molecule has 0 amide bonds. The molecule has 0 fully saturated rings. The Morgan fingerprint density at radius 3 is 1.95 bits per heavy atom. The Bertz CT molecular complexity index is 1320. The molecule has 0 atom stereocenters. The highest BCUT2D eigenvalue weighted by molar-refractivity contribution is 6.35. The number of rotatable bonds is 5. The van der Waals surface area contributed by atoms with Crippen LogP contribution in [0.2, 0.25) is 10.0 Å². The highest BCUT2D eigenvalue weighted by atomic mass is 35.5. The molecule has 0 bridgehead atoms. The largest absolute Gasteiger partial charge is 0.487 e. The van der Waals surface area contributed by atoms with Crippen LogP contribution in [0.4, 0.5) is 0 Å². The molecular formula is C32H35Cl2NO3. The number of carbonyl (C=O) groups is 2. The molecule has 4 nitrogen and oxygen atoms in total. The van der Waals surface area contributed by atoms with E-state index >= 15 is 0 Å². The first kappa shape index (κ1) is 27.0. The summed E-state index contributed by atoms with van der Waals surface area (Å²) in [7, 11) is 0. The quantitative estimate of drug-likeness (QED) is 0.375. The second kappa shape index (κ2) is 9.88. The monoisotopic (exact) mass is 551 g/mol. The summed E-state index contributed by atoms with van der Waals surface area (Å²) in [4.78, 5) is 30.1. The summed E-state index contributed by atoms with van der Waals surface area (Å²) >= 11 is 13.3. The molecule has 38 heavy (non-hydrogen) atoms. The van der Waals surface area contributed by atoms with Crippen LogP contribution >= 0.6 is 23.2 Å². The van der Waals surface area contributed by atoms with E-state index in [1.807, 2.05) is 36.4 Å². The Morgan fingerprint density at radius 1 is 0.868 bits per heavy atom. The van der Waals surface area contributed by atoms with E-state index in [-0.39, 0.29) is 22.4 Å². The first-order chi connectivity index (χ1) is 17.9. The normalized spacial score (nSPS) is 21.0. The van der Waals surface area contributed by atoms with Crippen LogP contribution in [0, 0.1) is 10.8 Å². The van der Waals surface area contributed by atoms with Gasteiger partial charge in [-0.05, 0) is 48.3 Å². The summed E-state index contributed by atoms with van der Waals surface area (Å²) < 4.78 is 6.36. The van der Waals surface area contributed by atoms with Crippen LogP contribution in [0.15, 0.2) is 65.0 Å². The van der Waals surface area contributed by atoms with Gasteiger partial charge < -0.3 is 9.64 Å². The Kier molecular flexibility index (Phi) is 7.02. The van der Waals surface area contributed by atoms with Gasteiger partial charge in [-0.15, -0.1) is 0 Å². The van der Waals surface area contributed by atoms with E-state index in [0.29, 0.717) is 58.5 Å². The summed E-state index contributed by atoms with van der Waals surface area (Å²) in [6, 6.07) is 13.4. The van der Waals surface area contributed by atoms with Crippen LogP contribution in [0.3, 0.4) is 0 Å². The third-order valence-corrected chi connectivity index (χ3v) is 8.41. The lowest BCUT2D eigenvalue weighted by Crippen LogP contribution is -2.44. The lowest BCUT2D eigenvalue weighted by molar-refractivity contribution is -0.119. The molecule has 5 rings (SSSR count). The van der Waals surface area contributed by atoms with Gasteiger partial charge in [-0.1, -0.05) is 81.2 Å². The number of halogens is 2. The Labute approximate surface area is 235 Å². The van der Waals surface area contributed by atoms with Gasteiger partial charge in [0.2, 0.25) is 0 Å². The number of hydrogen-bond donors (Lipinski definition) is 0. The SMILES string of the molecule is CCN1C2=C(C(=O)CC(C)(C)C2)C(c2cc(Cl)cc(Cl)c2OCc2ccccc2)C2=C1CC(C)(C)CC2=O. The van der Waals surface area contributed by atoms with Crippen molar-refractivity contribution in [2.45, 2.75) is 72.8 Å². The summed E-state index contributed by atoms with van der Waals surface area (Å²) in [5.41, 5.74) is 4.78. The van der Waals surface area contributed by atoms with Gasteiger partial charge in [0.25, 0.3) is 0 Å². The van der Waals surface area contributed by atoms with Gasteiger partial charge in [-0.25, -0.2) is 0 Å². The predicted molar refractivity (Wildman–Crippen MR) is 152 cm³/mol. The number of Topliss-reactive ketones (excluding diaryl/α,β-unsaturated/α-hetero) is 2. The van der Waals surface area contributed by atoms with Gasteiger partial charge in [0.05, 0.1) is 5.02 Å². The number of hydrogen-bond acceptors (Lipinski definition) is 4. The number of benzene rings is 2. The third-order valence-electron chi connectivity index (χ3n) is 7.91. The maximum absolute atomic E-state index is 13.9. The smallest absolute Gasteiger partial charge is 0.162 e. The van der Waals surface area contributed by atoms with Gasteiger partial charge in [0, 0.05) is 58.4 Å². The maximum atomic E-state index is 13.9. The molecule has 0 N–H and O–H groups in total. The molecule has 2 aliphatic carbocycles. The average Bonchev–Trinajstić information content (AvgIpc) is 2.81. The van der Waals surface area contributed by atoms with Crippen molar-refractivity contribution >= 4 is 34.8 Å². The molecule has 0 aromatic heterocycles. The van der Waals surface area contributed by atoms with E-state index < -0.39 is 5.92 Å². The van der Waals surface area contributed by atoms with Crippen LogP contribution in [-0.2, 0) is 16.2 Å². The van der Waals surface area contributed by atoms with Crippen molar-refractivity contribution in [2.24, 2.45) is 10.8 Å². The van der Waals surface area contributed by atoms with Crippen molar-refractivity contribution in [2.75, 3.05) is 6.54 Å². The molecule has 2 aromatic rings. The highest BCUT2D eigenvalue weighted by Crippen LogP contribution is 2.56. The predicted octanol–water partition coefficient (Wildman–Crippen LogP) is 8.28. The zero-order valence-electron chi connectivity index (χ0n) is 22.8. The van der Waals surface area contributed by atoms with Crippen molar-refractivity contribution in [1.29, 1.82) is 0 Å². The second-order valence-electron chi connectivity index (χ2n) is 12.4. The summed E-state index contributed by atoms with van der Waals surface area (Å²) in [6.07, 6.45) is 2.38. The lowest BCUT2D eigenvalue weighted by atomic mass is 9.63. The van der Waals surface area contributed by atoms with Crippen LogP contribution in [0.5, 0.6) is 5.75 Å². The summed E-state index contributed by atoms with van der Waals surface area (Å²) in [5, 5.41) is 0.823. The molecule has 1 heterocycles. The van der Waals surface area contributed by atoms with Crippen molar-refractivity contribution in [3.8, 4) is 5.75 Å². The van der Waals surface area contributed by atoms with Gasteiger partial charge >= 0.3 is 0 Å². The molecule has 0 saturated carbocycles. The third kappa shape index (κ3) is 4.94. The molecule has 200 valence electrons. The first-order valence-corrected chi connectivity index (χ1v) is 14.1. The number of ether oxygens (including phenoxy) is 1. The van der Waals surface area contributed by atoms with E-state index in [9.17, 15) is 9.59 Å². The van der Waals surface area contributed by atoms with Crippen molar-refractivity contribution in [3.63, 3.8) is 0 Å². The molecule has 1 aliphatic heterocycles. The van der Waals surface area contributed by atoms with Crippen molar-refractivity contribution in [3.05, 3.63) is 86.2 Å². The highest BCUT2D eigenvalue weighted by Gasteiger charge is 2.49. The van der Waals surface area contributed by atoms with E-state index in [1.165, 1.54) is 0 Å². The zero-order chi connectivity index (χ0) is 27.4. The molecule has 6 heteroatoms. The molecule has 0 radical (unpaired) electrons. The number of nitrogens with zero attached hydrogens (tertiary/aromatic N) is 1. The molecule has 3 aliphatic rings. The molecular weight excluding hydrogens is 517 g/mol. The first-order valence-electron chi connectivity index (χ1n) is 13.4. The lowest BCUT2D eigenvalue weighted by Gasteiger charge is -2.49. The zero-order valence-corrected chi connectivity index (χ0v) is 24.3. The average molecular weight is 553 g/mol. The fourth-order valence-corrected chi connectivity index (χ4v) is 6.98. The van der Waals surface area contributed by atoms with Gasteiger partial charge in [-0.2, -0.15) is 0 Å². The fraction of sp³-hybridized carbons (Fsp3) is 0.438. The summed E-state index contributed by atoms with van der Waals surface area (Å²) in [6.45, 7) is 11.7.